The number of hydrogen-bond acceptors (Lipinski definition) is 6. The monoisotopic (exact) mass is 487 g/mol. The number of aliphatic carboxylic acids is 1. The molecule has 188 valence electrons. The minimum absolute atomic E-state index is 0.268. The van der Waals surface area contributed by atoms with E-state index in [-0.39, 0.29) is 6.42 Å². The number of H-pyrrole nitrogens is 1. The van der Waals surface area contributed by atoms with Gasteiger partial charge in [-0.3, -0.25) is 9.69 Å². The van der Waals surface area contributed by atoms with E-state index in [1.807, 2.05) is 18.2 Å². The van der Waals surface area contributed by atoms with Crippen molar-refractivity contribution in [3.05, 3.63) is 48.3 Å². The maximum Gasteiger partial charge on any atom is 0.303 e. The molecule has 36 heavy (non-hydrogen) atoms. The van der Waals surface area contributed by atoms with Gasteiger partial charge in [0.2, 0.25) is 5.82 Å². The number of nitrogens with one attached hydrogen (secondary N) is 1. The van der Waals surface area contributed by atoms with Gasteiger partial charge in [0, 0.05) is 18.5 Å². The Kier molecular flexibility index (Phi) is 7.66. The molecule has 0 spiro atoms. The fourth-order valence-corrected chi connectivity index (χ4v) is 5.14. The Balaban J connectivity index is 1.38. The zero-order valence-corrected chi connectivity index (χ0v) is 20.6. The summed E-state index contributed by atoms with van der Waals surface area (Å²) in [7, 11) is 0. The summed E-state index contributed by atoms with van der Waals surface area (Å²) in [4.78, 5) is 18.3. The third-order valence-corrected chi connectivity index (χ3v) is 6.99. The summed E-state index contributed by atoms with van der Waals surface area (Å²) in [5, 5.41) is 23.4. The fraction of sp³-hybridized carbons (Fsp3) is 0.444. The summed E-state index contributed by atoms with van der Waals surface area (Å²) < 4.78 is 2.39. The number of aryl methyl sites for hydroxylation is 1. The number of benzene rings is 2. The van der Waals surface area contributed by atoms with Gasteiger partial charge in [-0.25, -0.2) is 4.98 Å². The minimum atomic E-state index is -0.703. The van der Waals surface area contributed by atoms with Crippen LogP contribution in [0.3, 0.4) is 0 Å². The van der Waals surface area contributed by atoms with E-state index in [0.29, 0.717) is 5.82 Å². The highest BCUT2D eigenvalue weighted by atomic mass is 16.4. The van der Waals surface area contributed by atoms with E-state index in [1.54, 1.807) is 0 Å². The normalized spacial score (nSPS) is 14.1. The molecule has 0 radical (unpaired) electrons. The third-order valence-electron chi connectivity index (χ3n) is 6.99. The van der Waals surface area contributed by atoms with Crippen molar-refractivity contribution >= 4 is 17.0 Å². The Labute approximate surface area is 210 Å². The molecule has 0 unspecified atom stereocenters. The van der Waals surface area contributed by atoms with E-state index in [0.717, 1.165) is 91.8 Å². The molecule has 0 saturated carbocycles. The van der Waals surface area contributed by atoms with Crippen LogP contribution in [0.4, 0.5) is 0 Å². The van der Waals surface area contributed by atoms with Gasteiger partial charge in [0.25, 0.3) is 0 Å². The Morgan fingerprint density at radius 1 is 0.972 bits per heavy atom. The number of unbranched alkanes of at least 4 members (excludes halogenated alkanes) is 4. The highest BCUT2D eigenvalue weighted by Crippen LogP contribution is 2.32. The smallest absolute Gasteiger partial charge is 0.303 e. The van der Waals surface area contributed by atoms with Crippen LogP contribution in [0, 0.1) is 0 Å². The van der Waals surface area contributed by atoms with Crippen LogP contribution in [0.15, 0.2) is 42.5 Å². The first-order chi connectivity index (χ1) is 17.7. The van der Waals surface area contributed by atoms with Crippen LogP contribution in [0.2, 0.25) is 0 Å². The number of carboxylic acid groups (broad SMARTS) is 1. The van der Waals surface area contributed by atoms with E-state index >= 15 is 0 Å². The number of rotatable bonds is 12. The molecule has 0 amide bonds. The number of aromatic nitrogens is 6. The molecule has 9 heteroatoms. The van der Waals surface area contributed by atoms with Crippen LogP contribution in [-0.2, 0) is 17.9 Å². The van der Waals surface area contributed by atoms with Crippen LogP contribution in [-0.4, -0.2) is 59.2 Å². The summed E-state index contributed by atoms with van der Waals surface area (Å²) in [6, 6.07) is 14.6. The molecule has 4 aromatic rings. The van der Waals surface area contributed by atoms with Crippen molar-refractivity contribution in [3.8, 4) is 22.5 Å². The van der Waals surface area contributed by atoms with Crippen LogP contribution in [0.1, 0.15) is 57.2 Å². The topological polar surface area (TPSA) is 113 Å². The molecule has 1 fully saturated rings. The fourth-order valence-electron chi connectivity index (χ4n) is 5.14. The molecule has 5 rings (SSSR count). The summed E-state index contributed by atoms with van der Waals surface area (Å²) in [6.07, 6.45) is 7.74. The molecule has 2 aromatic carbocycles. The Morgan fingerprint density at radius 2 is 1.75 bits per heavy atom. The van der Waals surface area contributed by atoms with Crippen LogP contribution < -0.4 is 0 Å². The Hall–Kier alpha value is -3.59. The van der Waals surface area contributed by atoms with E-state index < -0.39 is 5.97 Å². The van der Waals surface area contributed by atoms with Gasteiger partial charge >= 0.3 is 5.97 Å². The molecule has 2 aromatic heterocycles. The molecule has 0 aliphatic carbocycles. The Morgan fingerprint density at radius 3 is 2.53 bits per heavy atom. The second-order valence-corrected chi connectivity index (χ2v) is 9.56. The number of tetrazole rings is 1. The highest BCUT2D eigenvalue weighted by molar-refractivity contribution is 5.87. The van der Waals surface area contributed by atoms with Crippen LogP contribution >= 0.6 is 0 Å². The standard InChI is InChI=1S/C27H33N7O2/c35-26(36)12-4-2-1-3-7-17-34-24-14-13-20(18-23(24)28-25(34)19-33-15-8-9-16-33)21-10-5-6-11-22(21)27-29-31-32-30-27/h5-6,10-11,13-14,18H,1-4,7-9,12,15-17,19H2,(H,35,36)(H,29,30,31,32). The van der Waals surface area contributed by atoms with Crippen LogP contribution in [0.25, 0.3) is 33.5 Å². The van der Waals surface area contributed by atoms with Crippen LogP contribution in [0.5, 0.6) is 0 Å². The number of carbonyl (C=O) groups is 1. The Bertz CT molecular complexity index is 1290. The van der Waals surface area contributed by atoms with Gasteiger partial charge in [0.15, 0.2) is 0 Å². The second-order valence-electron chi connectivity index (χ2n) is 9.56. The van der Waals surface area contributed by atoms with Gasteiger partial charge in [0.1, 0.15) is 5.82 Å². The average molecular weight is 488 g/mol. The number of aromatic amines is 1. The minimum Gasteiger partial charge on any atom is -0.481 e. The average Bonchev–Trinajstić information content (AvgIpc) is 3.65. The molecule has 9 nitrogen and oxygen atoms in total. The first kappa shape index (κ1) is 24.1. The van der Waals surface area contributed by atoms with E-state index in [2.05, 4.69) is 54.4 Å². The third kappa shape index (κ3) is 5.62. The lowest BCUT2D eigenvalue weighted by Crippen LogP contribution is -2.21. The van der Waals surface area contributed by atoms with Crippen molar-refractivity contribution in [1.82, 2.24) is 35.1 Å². The molecule has 1 saturated heterocycles. The van der Waals surface area contributed by atoms with Gasteiger partial charge in [-0.1, -0.05) is 49.6 Å². The van der Waals surface area contributed by atoms with Crippen molar-refractivity contribution < 1.29 is 9.90 Å². The number of nitrogens with zero attached hydrogens (tertiary/aromatic N) is 6. The van der Waals surface area contributed by atoms with Gasteiger partial charge < -0.3 is 9.67 Å². The van der Waals surface area contributed by atoms with E-state index in [1.165, 1.54) is 12.8 Å². The maximum atomic E-state index is 10.7. The van der Waals surface area contributed by atoms with Gasteiger partial charge in [-0.15, -0.1) is 10.2 Å². The first-order valence-electron chi connectivity index (χ1n) is 13.0. The quantitative estimate of drug-likeness (QED) is 0.273. The molecule has 0 atom stereocenters. The van der Waals surface area contributed by atoms with E-state index in [9.17, 15) is 4.79 Å². The first-order valence-corrected chi connectivity index (χ1v) is 13.0. The van der Waals surface area contributed by atoms with Crippen molar-refractivity contribution in [2.45, 2.75) is 64.5 Å². The SMILES string of the molecule is O=C(O)CCCCCCCn1c(CN2CCCC2)nc2cc(-c3ccccc3-c3nn[nH]n3)ccc21. The summed E-state index contributed by atoms with van der Waals surface area (Å²) in [5.41, 5.74) is 5.24. The highest BCUT2D eigenvalue weighted by Gasteiger charge is 2.18. The predicted molar refractivity (Wildman–Crippen MR) is 138 cm³/mol. The van der Waals surface area contributed by atoms with Gasteiger partial charge in [-0.05, 0) is 67.2 Å². The molecule has 0 bridgehead atoms. The maximum absolute atomic E-state index is 10.7. The van der Waals surface area contributed by atoms with Crippen molar-refractivity contribution in [3.63, 3.8) is 0 Å². The lowest BCUT2D eigenvalue weighted by Gasteiger charge is -2.16. The van der Waals surface area contributed by atoms with E-state index in [4.69, 9.17) is 10.1 Å². The zero-order valence-electron chi connectivity index (χ0n) is 20.6. The molecule has 1 aliphatic heterocycles. The van der Waals surface area contributed by atoms with Crippen molar-refractivity contribution in [1.29, 1.82) is 0 Å². The number of imidazole rings is 1. The molecular weight excluding hydrogens is 454 g/mol. The molecular formula is C27H33N7O2. The predicted octanol–water partition coefficient (Wildman–Crippen LogP) is 4.90. The summed E-state index contributed by atoms with van der Waals surface area (Å²) in [5.74, 6) is 1.00. The number of carboxylic acids is 1. The molecule has 2 N–H and O–H groups in total. The number of likely N-dealkylation sites (tertiary alicyclic amines) is 1. The molecule has 3 heterocycles. The zero-order chi connectivity index (χ0) is 24.7. The summed E-state index contributed by atoms with van der Waals surface area (Å²) in [6.45, 7) is 4.08. The largest absolute Gasteiger partial charge is 0.481 e. The van der Waals surface area contributed by atoms with Crippen molar-refractivity contribution in [2.75, 3.05) is 13.1 Å². The van der Waals surface area contributed by atoms with Gasteiger partial charge in [0.05, 0.1) is 17.6 Å². The summed E-state index contributed by atoms with van der Waals surface area (Å²) >= 11 is 0. The lowest BCUT2D eigenvalue weighted by atomic mass is 9.99. The second kappa shape index (κ2) is 11.4. The van der Waals surface area contributed by atoms with Gasteiger partial charge in [-0.2, -0.15) is 5.21 Å². The molecule has 1 aliphatic rings. The number of fused-ring (bicyclic) bond motifs is 1. The van der Waals surface area contributed by atoms with Crippen molar-refractivity contribution in [2.24, 2.45) is 0 Å². The lowest BCUT2D eigenvalue weighted by molar-refractivity contribution is -0.137. The number of hydrogen-bond donors (Lipinski definition) is 2.